The second-order valence-electron chi connectivity index (χ2n) is 4.35. The molecule has 1 atom stereocenters. The molecule has 0 saturated carbocycles. The van der Waals surface area contributed by atoms with E-state index in [9.17, 15) is 4.79 Å². The van der Waals surface area contributed by atoms with Gasteiger partial charge in [-0.25, -0.2) is 0 Å². The Kier molecular flexibility index (Phi) is 4.46. The highest BCUT2D eigenvalue weighted by Crippen LogP contribution is 2.21. The van der Waals surface area contributed by atoms with Crippen LogP contribution >= 0.6 is 23.8 Å². The number of benzene rings is 2. The molecule has 0 aliphatic rings. The fourth-order valence-corrected chi connectivity index (χ4v) is 2.23. The van der Waals surface area contributed by atoms with Crippen molar-refractivity contribution in [1.82, 2.24) is 0 Å². The third kappa shape index (κ3) is 3.28. The van der Waals surface area contributed by atoms with Gasteiger partial charge in [-0.15, -0.1) is 0 Å². The molecule has 2 aromatic carbocycles. The van der Waals surface area contributed by atoms with Crippen molar-refractivity contribution in [2.45, 2.75) is 12.8 Å². The summed E-state index contributed by atoms with van der Waals surface area (Å²) in [4.78, 5) is 12.0. The highest BCUT2D eigenvalue weighted by atomic mass is 35.5. The Morgan fingerprint density at radius 1 is 1.05 bits per heavy atom. The third-order valence-corrected chi connectivity index (χ3v) is 3.82. The number of carbonyl (C=O) groups excluding carboxylic acids is 1. The van der Waals surface area contributed by atoms with Crippen molar-refractivity contribution in [1.29, 1.82) is 0 Å². The molecule has 1 nitrogen and oxygen atoms in total. The van der Waals surface area contributed by atoms with Crippen molar-refractivity contribution >= 4 is 33.9 Å². The number of hydrogen-bond acceptors (Lipinski definition) is 2. The summed E-state index contributed by atoms with van der Waals surface area (Å²) in [6.45, 7) is 1.79. The van der Waals surface area contributed by atoms with Crippen molar-refractivity contribution in [3.8, 4) is 0 Å². The summed E-state index contributed by atoms with van der Waals surface area (Å²) in [6, 6.07) is 17.5. The van der Waals surface area contributed by atoms with Gasteiger partial charge in [-0.2, -0.15) is 0 Å². The van der Waals surface area contributed by atoms with Crippen LogP contribution in [0.5, 0.6) is 0 Å². The lowest BCUT2D eigenvalue weighted by atomic mass is 9.97. The summed E-state index contributed by atoms with van der Waals surface area (Å²) >= 11 is 11.0. The van der Waals surface area contributed by atoms with Crippen molar-refractivity contribution < 1.29 is 4.79 Å². The van der Waals surface area contributed by atoms with Crippen LogP contribution in [0.1, 0.15) is 29.5 Å². The molecule has 19 heavy (non-hydrogen) atoms. The average Bonchev–Trinajstić information content (AvgIpc) is 2.46. The van der Waals surface area contributed by atoms with Gasteiger partial charge in [-0.3, -0.25) is 4.79 Å². The predicted molar refractivity (Wildman–Crippen MR) is 83.0 cm³/mol. The van der Waals surface area contributed by atoms with E-state index in [-0.39, 0.29) is 11.2 Å². The summed E-state index contributed by atoms with van der Waals surface area (Å²) in [5.41, 5.74) is 2.82. The largest absolute Gasteiger partial charge is 0.281 e. The Balaban J connectivity index is 2.34. The van der Waals surface area contributed by atoms with E-state index in [1.54, 1.807) is 6.92 Å². The topological polar surface area (TPSA) is 17.1 Å². The molecule has 0 bridgehead atoms. The Morgan fingerprint density at radius 3 is 2.32 bits per heavy atom. The van der Waals surface area contributed by atoms with Crippen LogP contribution in [0.2, 0.25) is 0 Å². The van der Waals surface area contributed by atoms with E-state index in [0.717, 1.165) is 21.6 Å². The lowest BCUT2D eigenvalue weighted by molar-refractivity contribution is -0.112. The van der Waals surface area contributed by atoms with Crippen LogP contribution in [0, 0.1) is 0 Å². The third-order valence-electron chi connectivity index (χ3n) is 3.03. The maximum Gasteiger partial charge on any atom is 0.228 e. The van der Waals surface area contributed by atoms with Gasteiger partial charge >= 0.3 is 0 Å². The summed E-state index contributed by atoms with van der Waals surface area (Å²) < 4.78 is 0. The smallest absolute Gasteiger partial charge is 0.228 e. The van der Waals surface area contributed by atoms with E-state index in [1.165, 1.54) is 0 Å². The van der Waals surface area contributed by atoms with Gasteiger partial charge in [0.05, 0.1) is 10.8 Å². The van der Waals surface area contributed by atoms with Crippen LogP contribution in [0.25, 0.3) is 0 Å². The van der Waals surface area contributed by atoms with Crippen molar-refractivity contribution in [2.75, 3.05) is 0 Å². The molecule has 0 aliphatic heterocycles. The second-order valence-corrected chi connectivity index (χ2v) is 5.13. The first-order chi connectivity index (χ1) is 9.09. The fourth-order valence-electron chi connectivity index (χ4n) is 1.84. The van der Waals surface area contributed by atoms with E-state index < -0.39 is 0 Å². The van der Waals surface area contributed by atoms with Crippen molar-refractivity contribution in [2.24, 2.45) is 0 Å². The van der Waals surface area contributed by atoms with Crippen LogP contribution in [0.3, 0.4) is 0 Å². The lowest BCUT2D eigenvalue weighted by Gasteiger charge is -2.10. The average molecular weight is 289 g/mol. The SMILES string of the molecule is CC(C(=O)Cl)c1cccc(C(=S)c2ccccc2)c1. The molecule has 0 radical (unpaired) electrons. The molecule has 3 heteroatoms. The number of hydrogen-bond donors (Lipinski definition) is 0. The van der Waals surface area contributed by atoms with Crippen molar-refractivity contribution in [3.05, 3.63) is 71.3 Å². The summed E-state index contributed by atoms with van der Waals surface area (Å²) in [5.74, 6) is -0.319. The molecule has 0 amide bonds. The Labute approximate surface area is 123 Å². The lowest BCUT2D eigenvalue weighted by Crippen LogP contribution is -2.05. The Morgan fingerprint density at radius 2 is 1.68 bits per heavy atom. The molecule has 96 valence electrons. The van der Waals surface area contributed by atoms with Crippen LogP contribution < -0.4 is 0 Å². The highest BCUT2D eigenvalue weighted by Gasteiger charge is 2.14. The van der Waals surface area contributed by atoms with Gasteiger partial charge in [0.15, 0.2) is 0 Å². The molecule has 0 N–H and O–H groups in total. The van der Waals surface area contributed by atoms with E-state index >= 15 is 0 Å². The van der Waals surface area contributed by atoms with E-state index in [4.69, 9.17) is 23.8 Å². The molecule has 0 saturated heterocycles. The molecule has 0 fully saturated rings. The molecule has 2 rings (SSSR count). The molecular formula is C16H13ClOS. The Hall–Kier alpha value is -1.51. The van der Waals surface area contributed by atoms with Crippen LogP contribution in [0.15, 0.2) is 54.6 Å². The minimum Gasteiger partial charge on any atom is -0.281 e. The zero-order valence-corrected chi connectivity index (χ0v) is 12.0. The minimum atomic E-state index is -0.359. The van der Waals surface area contributed by atoms with Crippen molar-refractivity contribution in [3.63, 3.8) is 0 Å². The molecule has 0 heterocycles. The quantitative estimate of drug-likeness (QED) is 0.473. The first-order valence-corrected chi connectivity index (χ1v) is 6.77. The van der Waals surface area contributed by atoms with Gasteiger partial charge in [-0.1, -0.05) is 67.7 Å². The molecule has 0 aromatic heterocycles. The zero-order valence-electron chi connectivity index (χ0n) is 10.5. The normalized spacial score (nSPS) is 11.9. The maximum atomic E-state index is 11.2. The van der Waals surface area contributed by atoms with Gasteiger partial charge in [0, 0.05) is 0 Å². The molecule has 1 unspecified atom stereocenters. The number of thiocarbonyl (C=S) groups is 1. The zero-order chi connectivity index (χ0) is 13.8. The number of carbonyl (C=O) groups is 1. The highest BCUT2D eigenvalue weighted by molar-refractivity contribution is 7.81. The van der Waals surface area contributed by atoms with Gasteiger partial charge in [0.1, 0.15) is 0 Å². The van der Waals surface area contributed by atoms with Gasteiger partial charge < -0.3 is 0 Å². The predicted octanol–water partition coefficient (Wildman–Crippen LogP) is 4.32. The van der Waals surface area contributed by atoms with Gasteiger partial charge in [0.25, 0.3) is 0 Å². The summed E-state index contributed by atoms with van der Waals surface area (Å²) in [5, 5.41) is -0.359. The molecule has 0 aliphatic carbocycles. The monoisotopic (exact) mass is 288 g/mol. The van der Waals surface area contributed by atoms with Gasteiger partial charge in [-0.05, 0) is 34.4 Å². The Bertz CT molecular complexity index is 607. The molecular weight excluding hydrogens is 276 g/mol. The van der Waals surface area contributed by atoms with Crippen LogP contribution in [0.4, 0.5) is 0 Å². The van der Waals surface area contributed by atoms with E-state index in [2.05, 4.69) is 0 Å². The summed E-state index contributed by atoms with van der Waals surface area (Å²) in [6.07, 6.45) is 0. The van der Waals surface area contributed by atoms with Crippen LogP contribution in [-0.4, -0.2) is 10.1 Å². The van der Waals surface area contributed by atoms with E-state index in [1.807, 2.05) is 54.6 Å². The van der Waals surface area contributed by atoms with Gasteiger partial charge in [0.2, 0.25) is 5.24 Å². The fraction of sp³-hybridized carbons (Fsp3) is 0.125. The second kappa shape index (κ2) is 6.09. The summed E-state index contributed by atoms with van der Waals surface area (Å²) in [7, 11) is 0. The first kappa shape index (κ1) is 13.9. The minimum absolute atomic E-state index is 0.319. The van der Waals surface area contributed by atoms with E-state index in [0.29, 0.717) is 0 Å². The molecule has 0 spiro atoms. The number of halogens is 1. The molecule has 2 aromatic rings. The van der Waals surface area contributed by atoms with Crippen LogP contribution in [-0.2, 0) is 4.79 Å². The first-order valence-electron chi connectivity index (χ1n) is 5.98. The maximum absolute atomic E-state index is 11.2. The standard InChI is InChI=1S/C16H13ClOS/c1-11(16(17)18)13-8-5-9-14(10-13)15(19)12-6-3-2-4-7-12/h2-11H,1H3. The number of rotatable bonds is 4.